The van der Waals surface area contributed by atoms with Gasteiger partial charge in [-0.3, -0.25) is 0 Å². The number of ether oxygens (including phenoxy) is 2. The van der Waals surface area contributed by atoms with Crippen molar-refractivity contribution in [3.8, 4) is 5.75 Å². The van der Waals surface area contributed by atoms with Crippen LogP contribution in [0.2, 0.25) is 0 Å². The number of hydrogen-bond acceptors (Lipinski definition) is 3. The molecule has 0 amide bonds. The van der Waals surface area contributed by atoms with Gasteiger partial charge in [0.25, 0.3) is 0 Å². The molecule has 0 saturated heterocycles. The van der Waals surface area contributed by atoms with Gasteiger partial charge in [0, 0.05) is 6.61 Å². The second kappa shape index (κ2) is 12.9. The van der Waals surface area contributed by atoms with E-state index in [0.717, 1.165) is 31.8 Å². The average molecular weight is 280 g/mol. The first-order valence-electron chi connectivity index (χ1n) is 7.80. The molecule has 0 aliphatic rings. The highest BCUT2D eigenvalue weighted by molar-refractivity contribution is 5.20. The van der Waals surface area contributed by atoms with E-state index >= 15 is 0 Å². The quantitative estimate of drug-likeness (QED) is 0.558. The van der Waals surface area contributed by atoms with Gasteiger partial charge in [0.05, 0.1) is 19.8 Å². The Balaban J connectivity index is 1.77. The fourth-order valence-corrected chi connectivity index (χ4v) is 2.06. The molecule has 114 valence electrons. The molecule has 0 unspecified atom stereocenters. The van der Waals surface area contributed by atoms with E-state index in [1.54, 1.807) is 0 Å². The van der Waals surface area contributed by atoms with Crippen LogP contribution in [0.25, 0.3) is 0 Å². The maximum atomic E-state index is 8.55. The van der Waals surface area contributed by atoms with E-state index in [0.29, 0.717) is 6.61 Å². The summed E-state index contributed by atoms with van der Waals surface area (Å²) in [7, 11) is 0. The molecule has 0 aliphatic carbocycles. The fraction of sp³-hybridized carbons (Fsp3) is 0.647. The van der Waals surface area contributed by atoms with Crippen LogP contribution in [0.3, 0.4) is 0 Å². The van der Waals surface area contributed by atoms with Gasteiger partial charge in [-0.25, -0.2) is 0 Å². The molecule has 3 nitrogen and oxygen atoms in total. The van der Waals surface area contributed by atoms with Crippen LogP contribution in [-0.2, 0) is 4.74 Å². The third-order valence-electron chi connectivity index (χ3n) is 3.18. The minimum absolute atomic E-state index is 0.130. The van der Waals surface area contributed by atoms with E-state index in [9.17, 15) is 0 Å². The Labute approximate surface area is 122 Å². The Bertz CT molecular complexity index is 300. The third kappa shape index (κ3) is 9.82. The van der Waals surface area contributed by atoms with Crippen molar-refractivity contribution in [3.63, 3.8) is 0 Å². The SMILES string of the molecule is OCCOCCCCCCCCCOc1ccccc1. The summed E-state index contributed by atoms with van der Waals surface area (Å²) in [5.74, 6) is 0.968. The monoisotopic (exact) mass is 280 g/mol. The van der Waals surface area contributed by atoms with Crippen molar-refractivity contribution in [2.24, 2.45) is 0 Å². The molecule has 0 bridgehead atoms. The van der Waals surface area contributed by atoms with E-state index in [2.05, 4.69) is 0 Å². The lowest BCUT2D eigenvalue weighted by molar-refractivity contribution is 0.0895. The van der Waals surface area contributed by atoms with Crippen LogP contribution in [0.5, 0.6) is 5.75 Å². The number of para-hydroxylation sites is 1. The molecule has 0 aromatic heterocycles. The Morgan fingerprint density at radius 3 is 1.95 bits per heavy atom. The van der Waals surface area contributed by atoms with Gasteiger partial charge in [-0.1, -0.05) is 50.3 Å². The van der Waals surface area contributed by atoms with E-state index in [4.69, 9.17) is 14.6 Å². The third-order valence-corrected chi connectivity index (χ3v) is 3.18. The van der Waals surface area contributed by atoms with Crippen LogP contribution < -0.4 is 4.74 Å². The molecule has 1 aromatic carbocycles. The van der Waals surface area contributed by atoms with Gasteiger partial charge in [0.1, 0.15) is 5.75 Å². The minimum Gasteiger partial charge on any atom is -0.494 e. The molecule has 1 N–H and O–H groups in total. The number of aliphatic hydroxyl groups excluding tert-OH is 1. The summed E-state index contributed by atoms with van der Waals surface area (Å²) in [6.45, 7) is 2.21. The maximum Gasteiger partial charge on any atom is 0.119 e. The highest BCUT2D eigenvalue weighted by Gasteiger charge is 1.94. The first-order valence-corrected chi connectivity index (χ1v) is 7.80. The molecule has 20 heavy (non-hydrogen) atoms. The van der Waals surface area contributed by atoms with Crippen LogP contribution in [0, 0.1) is 0 Å². The molecule has 0 radical (unpaired) electrons. The van der Waals surface area contributed by atoms with Gasteiger partial charge >= 0.3 is 0 Å². The summed E-state index contributed by atoms with van der Waals surface area (Å²) in [5.41, 5.74) is 0. The lowest BCUT2D eigenvalue weighted by Crippen LogP contribution is -2.00. The van der Waals surface area contributed by atoms with Crippen LogP contribution in [0.4, 0.5) is 0 Å². The topological polar surface area (TPSA) is 38.7 Å². The number of unbranched alkanes of at least 4 members (excludes halogenated alkanes) is 6. The van der Waals surface area contributed by atoms with Crippen LogP contribution in [0.15, 0.2) is 30.3 Å². The van der Waals surface area contributed by atoms with Crippen molar-refractivity contribution in [2.75, 3.05) is 26.4 Å². The largest absolute Gasteiger partial charge is 0.494 e. The summed E-state index contributed by atoms with van der Waals surface area (Å²) in [4.78, 5) is 0. The average Bonchev–Trinajstić information content (AvgIpc) is 2.49. The summed E-state index contributed by atoms with van der Waals surface area (Å²) >= 11 is 0. The van der Waals surface area contributed by atoms with Gasteiger partial charge in [-0.05, 0) is 25.0 Å². The second-order valence-corrected chi connectivity index (χ2v) is 4.97. The van der Waals surface area contributed by atoms with Crippen molar-refractivity contribution < 1.29 is 14.6 Å². The number of rotatable bonds is 13. The van der Waals surface area contributed by atoms with Crippen molar-refractivity contribution in [1.82, 2.24) is 0 Å². The number of aliphatic hydroxyl groups is 1. The van der Waals surface area contributed by atoms with Gasteiger partial charge in [-0.15, -0.1) is 0 Å². The molecule has 0 heterocycles. The lowest BCUT2D eigenvalue weighted by Gasteiger charge is -2.06. The predicted octanol–water partition coefficient (Wildman–Crippen LogP) is 3.81. The summed E-state index contributed by atoms with van der Waals surface area (Å²) in [6, 6.07) is 10.00. The first kappa shape index (κ1) is 17.0. The molecule has 0 aliphatic heterocycles. The zero-order valence-electron chi connectivity index (χ0n) is 12.4. The lowest BCUT2D eigenvalue weighted by atomic mass is 10.1. The molecule has 1 aromatic rings. The van der Waals surface area contributed by atoms with Gasteiger partial charge in [-0.2, -0.15) is 0 Å². The maximum absolute atomic E-state index is 8.55. The molecule has 0 saturated carbocycles. The Morgan fingerprint density at radius 1 is 0.700 bits per heavy atom. The molecule has 0 atom stereocenters. The second-order valence-electron chi connectivity index (χ2n) is 4.97. The predicted molar refractivity (Wildman–Crippen MR) is 82.2 cm³/mol. The van der Waals surface area contributed by atoms with E-state index in [1.807, 2.05) is 30.3 Å². The van der Waals surface area contributed by atoms with Crippen molar-refractivity contribution >= 4 is 0 Å². The van der Waals surface area contributed by atoms with Crippen molar-refractivity contribution in [2.45, 2.75) is 44.9 Å². The number of benzene rings is 1. The molecular weight excluding hydrogens is 252 g/mol. The molecule has 3 heteroatoms. The minimum atomic E-state index is 0.130. The van der Waals surface area contributed by atoms with E-state index < -0.39 is 0 Å². The van der Waals surface area contributed by atoms with Crippen molar-refractivity contribution in [3.05, 3.63) is 30.3 Å². The molecular formula is C17H28O3. The van der Waals surface area contributed by atoms with Crippen LogP contribution in [0.1, 0.15) is 44.9 Å². The Kier molecular flexibility index (Phi) is 11.0. The van der Waals surface area contributed by atoms with Crippen LogP contribution in [-0.4, -0.2) is 31.5 Å². The fourth-order valence-electron chi connectivity index (χ4n) is 2.06. The molecule has 1 rings (SSSR count). The summed E-state index contributed by atoms with van der Waals surface area (Å²) in [6.07, 6.45) is 8.58. The van der Waals surface area contributed by atoms with E-state index in [-0.39, 0.29) is 6.61 Å². The zero-order valence-corrected chi connectivity index (χ0v) is 12.4. The van der Waals surface area contributed by atoms with Gasteiger partial charge in [0.2, 0.25) is 0 Å². The zero-order chi connectivity index (χ0) is 14.3. The van der Waals surface area contributed by atoms with Gasteiger partial charge in [0.15, 0.2) is 0 Å². The summed E-state index contributed by atoms with van der Waals surface area (Å²) < 4.78 is 10.9. The standard InChI is InChI=1S/C17H28O3/c18-13-16-19-14-9-4-2-1-3-5-10-15-20-17-11-7-6-8-12-17/h6-8,11-12,18H,1-5,9-10,13-16H2. The molecule has 0 fully saturated rings. The van der Waals surface area contributed by atoms with E-state index in [1.165, 1.54) is 32.1 Å². The highest BCUT2D eigenvalue weighted by atomic mass is 16.5. The number of hydrogen-bond donors (Lipinski definition) is 1. The smallest absolute Gasteiger partial charge is 0.119 e. The normalized spacial score (nSPS) is 10.7. The summed E-state index contributed by atoms with van der Waals surface area (Å²) in [5, 5.41) is 8.55. The van der Waals surface area contributed by atoms with Crippen LogP contribution >= 0.6 is 0 Å². The molecule has 0 spiro atoms. The Morgan fingerprint density at radius 2 is 1.30 bits per heavy atom. The van der Waals surface area contributed by atoms with Crippen molar-refractivity contribution in [1.29, 1.82) is 0 Å². The highest BCUT2D eigenvalue weighted by Crippen LogP contribution is 2.11. The van der Waals surface area contributed by atoms with Gasteiger partial charge < -0.3 is 14.6 Å². The Hall–Kier alpha value is -1.06. The first-order chi connectivity index (χ1) is 9.93.